The lowest BCUT2D eigenvalue weighted by atomic mass is 9.97. The standard InChI is InChI=1S/C67H123NO13/c1-3-5-7-9-11-13-15-17-19-21-23-24-25-26-27-28-29-30-31-32-33-35-37-39-41-43-45-47-49-51-59(72)68-55(56(71)50-48-46-44-42-40-38-36-34-22-20-18-16-14-12-10-8-6-4-2)54-78-66-64(77)62(75)65(58(53-70)80-66)81-67-63(76)61(74)60(73)57(52-69)79-67/h5,7,11,13,17,19,23-24,55-58,60-67,69-71,73-77H,3-4,6,8-10,12,14-16,18,20-22,25-54H2,1-2H3,(H,68,72)/b7-5-,13-11-,19-17-,24-23-. The Morgan fingerprint density at radius 1 is 0.457 bits per heavy atom. The summed E-state index contributed by atoms with van der Waals surface area (Å²) in [5, 5.41) is 87.5. The van der Waals surface area contributed by atoms with Crippen LogP contribution in [-0.4, -0.2) is 140 Å². The van der Waals surface area contributed by atoms with Crippen molar-refractivity contribution in [2.75, 3.05) is 19.8 Å². The maximum atomic E-state index is 13.3. The van der Waals surface area contributed by atoms with Crippen LogP contribution in [0.2, 0.25) is 0 Å². The van der Waals surface area contributed by atoms with E-state index in [1.54, 1.807) is 0 Å². The molecule has 0 saturated carbocycles. The number of carbonyl (C=O) groups is 1. The molecule has 0 aromatic rings. The number of aliphatic hydroxyl groups excluding tert-OH is 8. The molecule has 81 heavy (non-hydrogen) atoms. The molecule has 1 amide bonds. The molecule has 0 bridgehead atoms. The second kappa shape index (κ2) is 52.3. The Balaban J connectivity index is 1.67. The lowest BCUT2D eigenvalue weighted by Crippen LogP contribution is -2.65. The average molecular weight is 1150 g/mol. The fourth-order valence-electron chi connectivity index (χ4n) is 11.0. The van der Waals surface area contributed by atoms with E-state index in [1.165, 1.54) is 173 Å². The molecule has 0 aliphatic carbocycles. The molecule has 474 valence electrons. The molecule has 2 saturated heterocycles. The van der Waals surface area contributed by atoms with E-state index in [0.717, 1.165) is 77.0 Å². The summed E-state index contributed by atoms with van der Waals surface area (Å²) in [7, 11) is 0. The number of hydrogen-bond donors (Lipinski definition) is 9. The highest BCUT2D eigenvalue weighted by Crippen LogP contribution is 2.30. The minimum absolute atomic E-state index is 0.204. The van der Waals surface area contributed by atoms with Crippen LogP contribution < -0.4 is 5.32 Å². The van der Waals surface area contributed by atoms with Gasteiger partial charge in [-0.2, -0.15) is 0 Å². The fraction of sp³-hybridized carbons (Fsp3) is 0.866. The number of aliphatic hydroxyl groups is 8. The van der Waals surface area contributed by atoms with Crippen molar-refractivity contribution in [1.29, 1.82) is 0 Å². The number of nitrogens with one attached hydrogen (secondary N) is 1. The Bertz CT molecular complexity index is 1540. The monoisotopic (exact) mass is 1150 g/mol. The molecule has 2 rings (SSSR count). The summed E-state index contributed by atoms with van der Waals surface area (Å²) in [6.07, 6.45) is 49.7. The highest BCUT2D eigenvalue weighted by molar-refractivity contribution is 5.76. The first-order valence-corrected chi connectivity index (χ1v) is 33.4. The van der Waals surface area contributed by atoms with Crippen molar-refractivity contribution in [3.8, 4) is 0 Å². The van der Waals surface area contributed by atoms with Gasteiger partial charge in [-0.25, -0.2) is 0 Å². The van der Waals surface area contributed by atoms with Gasteiger partial charge in [-0.05, 0) is 51.4 Å². The topological polar surface area (TPSA) is 228 Å². The normalized spacial score (nSPS) is 24.4. The number of hydrogen-bond acceptors (Lipinski definition) is 13. The van der Waals surface area contributed by atoms with Crippen molar-refractivity contribution in [3.05, 3.63) is 48.6 Å². The van der Waals surface area contributed by atoms with Crippen LogP contribution in [0, 0.1) is 0 Å². The Kier molecular flexibility index (Phi) is 48.5. The van der Waals surface area contributed by atoms with Gasteiger partial charge in [-0.1, -0.05) is 268 Å². The highest BCUT2D eigenvalue weighted by Gasteiger charge is 2.51. The molecule has 12 unspecified atom stereocenters. The van der Waals surface area contributed by atoms with Crippen molar-refractivity contribution >= 4 is 5.91 Å². The Hall–Kier alpha value is -2.05. The predicted octanol–water partition coefficient (Wildman–Crippen LogP) is 12.7. The minimum atomic E-state index is -1.78. The number of unbranched alkanes of at least 4 members (excludes halogenated alkanes) is 33. The van der Waals surface area contributed by atoms with E-state index in [9.17, 15) is 45.6 Å². The zero-order chi connectivity index (χ0) is 58.8. The predicted molar refractivity (Wildman–Crippen MR) is 327 cm³/mol. The van der Waals surface area contributed by atoms with Crippen molar-refractivity contribution in [2.24, 2.45) is 0 Å². The van der Waals surface area contributed by atoms with Crippen LogP contribution in [0.5, 0.6) is 0 Å². The summed E-state index contributed by atoms with van der Waals surface area (Å²) >= 11 is 0. The zero-order valence-corrected chi connectivity index (χ0v) is 51.3. The second-order valence-electron chi connectivity index (χ2n) is 23.6. The van der Waals surface area contributed by atoms with Gasteiger partial charge in [0.15, 0.2) is 12.6 Å². The quantitative estimate of drug-likeness (QED) is 0.0204. The second-order valence-corrected chi connectivity index (χ2v) is 23.6. The van der Waals surface area contributed by atoms with E-state index in [2.05, 4.69) is 67.8 Å². The average Bonchev–Trinajstić information content (AvgIpc) is 3.47. The van der Waals surface area contributed by atoms with Gasteiger partial charge in [0, 0.05) is 6.42 Å². The Labute approximate surface area is 493 Å². The van der Waals surface area contributed by atoms with Crippen LogP contribution in [0.25, 0.3) is 0 Å². The van der Waals surface area contributed by atoms with E-state index >= 15 is 0 Å². The molecule has 12 atom stereocenters. The van der Waals surface area contributed by atoms with Crippen LogP contribution in [0.15, 0.2) is 48.6 Å². The first kappa shape index (κ1) is 75.0. The molecule has 2 fully saturated rings. The SMILES string of the molecule is CC/C=C\C/C=C\C/C=C\C/C=C\CCCCCCCCCCCCCCCCCCC(=O)NC(COC1OC(CO)C(OC2OC(CO)C(O)C(O)C2O)C(O)C1O)C(O)CCCCCCCCCCCCCCCCCCCC. The highest BCUT2D eigenvalue weighted by atomic mass is 16.7. The number of ether oxygens (including phenoxy) is 4. The molecule has 2 heterocycles. The van der Waals surface area contributed by atoms with Gasteiger partial charge in [0.2, 0.25) is 5.91 Å². The van der Waals surface area contributed by atoms with Gasteiger partial charge in [0.05, 0.1) is 32.0 Å². The van der Waals surface area contributed by atoms with E-state index in [-0.39, 0.29) is 12.5 Å². The smallest absolute Gasteiger partial charge is 0.220 e. The molecule has 14 nitrogen and oxygen atoms in total. The number of carbonyl (C=O) groups excluding carboxylic acids is 1. The third kappa shape index (κ3) is 37.2. The first-order valence-electron chi connectivity index (χ1n) is 33.4. The number of amides is 1. The van der Waals surface area contributed by atoms with Crippen LogP contribution in [-0.2, 0) is 23.7 Å². The summed E-state index contributed by atoms with van der Waals surface area (Å²) in [4.78, 5) is 13.3. The van der Waals surface area contributed by atoms with Crippen LogP contribution in [0.3, 0.4) is 0 Å². The maximum Gasteiger partial charge on any atom is 0.220 e. The first-order chi connectivity index (χ1) is 39.6. The maximum absolute atomic E-state index is 13.3. The van der Waals surface area contributed by atoms with Crippen LogP contribution >= 0.6 is 0 Å². The summed E-state index contributed by atoms with van der Waals surface area (Å²) in [5.41, 5.74) is 0. The van der Waals surface area contributed by atoms with Crippen molar-refractivity contribution < 1.29 is 64.6 Å². The van der Waals surface area contributed by atoms with Gasteiger partial charge in [0.25, 0.3) is 0 Å². The molecule has 0 radical (unpaired) electrons. The Morgan fingerprint density at radius 3 is 1.31 bits per heavy atom. The van der Waals surface area contributed by atoms with Gasteiger partial charge in [0.1, 0.15) is 48.8 Å². The lowest BCUT2D eigenvalue weighted by Gasteiger charge is -2.46. The molecular weight excluding hydrogens is 1030 g/mol. The fourth-order valence-corrected chi connectivity index (χ4v) is 11.0. The zero-order valence-electron chi connectivity index (χ0n) is 51.3. The van der Waals surface area contributed by atoms with Gasteiger partial charge in [-0.3, -0.25) is 4.79 Å². The summed E-state index contributed by atoms with van der Waals surface area (Å²) in [5.74, 6) is -0.204. The van der Waals surface area contributed by atoms with Gasteiger partial charge >= 0.3 is 0 Å². The van der Waals surface area contributed by atoms with Gasteiger partial charge in [-0.15, -0.1) is 0 Å². The summed E-state index contributed by atoms with van der Waals surface area (Å²) < 4.78 is 22.9. The summed E-state index contributed by atoms with van der Waals surface area (Å²) in [6, 6.07) is -0.829. The van der Waals surface area contributed by atoms with E-state index < -0.39 is 86.8 Å². The minimum Gasteiger partial charge on any atom is -0.394 e. The molecule has 2 aliphatic heterocycles. The third-order valence-corrected chi connectivity index (χ3v) is 16.3. The molecule has 9 N–H and O–H groups in total. The molecule has 0 aromatic heterocycles. The molecule has 2 aliphatic rings. The molecule has 0 aromatic carbocycles. The van der Waals surface area contributed by atoms with Gasteiger partial charge < -0.3 is 65.1 Å². The van der Waals surface area contributed by atoms with E-state index in [4.69, 9.17) is 18.9 Å². The number of rotatable bonds is 54. The molecule has 0 spiro atoms. The Morgan fingerprint density at radius 2 is 0.852 bits per heavy atom. The lowest BCUT2D eigenvalue weighted by molar-refractivity contribution is -0.359. The molecular formula is C67H123NO13. The van der Waals surface area contributed by atoms with Crippen LogP contribution in [0.4, 0.5) is 0 Å². The van der Waals surface area contributed by atoms with E-state index in [0.29, 0.717) is 12.8 Å². The van der Waals surface area contributed by atoms with Crippen molar-refractivity contribution in [2.45, 2.75) is 351 Å². The van der Waals surface area contributed by atoms with E-state index in [1.807, 2.05) is 0 Å². The largest absolute Gasteiger partial charge is 0.394 e. The summed E-state index contributed by atoms with van der Waals surface area (Å²) in [6.45, 7) is 2.78. The molecule has 14 heteroatoms. The van der Waals surface area contributed by atoms with Crippen molar-refractivity contribution in [1.82, 2.24) is 5.32 Å². The third-order valence-electron chi connectivity index (χ3n) is 16.3. The van der Waals surface area contributed by atoms with Crippen LogP contribution in [0.1, 0.15) is 277 Å². The number of allylic oxidation sites excluding steroid dienone is 8. The van der Waals surface area contributed by atoms with Crippen molar-refractivity contribution in [3.63, 3.8) is 0 Å².